The Morgan fingerprint density at radius 2 is 2.25 bits per heavy atom. The first kappa shape index (κ1) is 12.1. The summed E-state index contributed by atoms with van der Waals surface area (Å²) in [6.45, 7) is 2.79. The maximum absolute atomic E-state index is 11.3. The number of esters is 1. The highest BCUT2D eigenvalue weighted by Crippen LogP contribution is 2.20. The number of hydrogen-bond donors (Lipinski definition) is 0. The number of carbonyl (C=O) groups excluding carboxylic acids is 1. The van der Waals surface area contributed by atoms with E-state index in [9.17, 15) is 4.79 Å². The Balaban J connectivity index is 3.18. The minimum Gasteiger partial charge on any atom is -0.465 e. The Morgan fingerprint density at radius 3 is 2.75 bits per heavy atom. The summed E-state index contributed by atoms with van der Waals surface area (Å²) in [4.78, 5) is 13.2. The number of hydrogen-bond acceptors (Lipinski definition) is 4. The lowest BCUT2D eigenvalue weighted by molar-refractivity contribution is 0.0600. The van der Waals surface area contributed by atoms with Crippen LogP contribution in [-0.2, 0) is 4.74 Å². The fourth-order valence-electron chi connectivity index (χ4n) is 1.37. The van der Waals surface area contributed by atoms with Crippen molar-refractivity contribution in [2.24, 2.45) is 0 Å². The second kappa shape index (κ2) is 5.17. The topological polar surface area (TPSA) is 53.3 Å². The van der Waals surface area contributed by atoms with E-state index >= 15 is 0 Å². The van der Waals surface area contributed by atoms with Gasteiger partial charge in [0.15, 0.2) is 0 Å². The third-order valence-electron chi connectivity index (χ3n) is 2.42. The smallest absolute Gasteiger partial charge is 0.337 e. The molecule has 16 heavy (non-hydrogen) atoms. The molecule has 4 nitrogen and oxygen atoms in total. The summed E-state index contributed by atoms with van der Waals surface area (Å²) in [7, 11) is 3.22. The molecule has 0 saturated carbocycles. The van der Waals surface area contributed by atoms with E-state index in [1.807, 2.05) is 18.9 Å². The van der Waals surface area contributed by atoms with Crippen molar-refractivity contribution in [2.45, 2.75) is 6.92 Å². The average molecular weight is 218 g/mol. The number of benzene rings is 1. The molecule has 4 heteroatoms. The summed E-state index contributed by atoms with van der Waals surface area (Å²) in [6.07, 6.45) is 0. The first-order valence-corrected chi connectivity index (χ1v) is 4.97. The van der Waals surface area contributed by atoms with Crippen LogP contribution in [0.5, 0.6) is 0 Å². The Kier molecular flexibility index (Phi) is 3.90. The van der Waals surface area contributed by atoms with Gasteiger partial charge in [0.25, 0.3) is 0 Å². The molecular weight excluding hydrogens is 204 g/mol. The summed E-state index contributed by atoms with van der Waals surface area (Å²) >= 11 is 0. The van der Waals surface area contributed by atoms with Gasteiger partial charge in [-0.3, -0.25) is 0 Å². The van der Waals surface area contributed by atoms with Gasteiger partial charge in [-0.05, 0) is 25.1 Å². The van der Waals surface area contributed by atoms with Gasteiger partial charge in [-0.25, -0.2) is 4.79 Å². The molecule has 0 radical (unpaired) electrons. The van der Waals surface area contributed by atoms with E-state index in [-0.39, 0.29) is 0 Å². The molecule has 0 unspecified atom stereocenters. The van der Waals surface area contributed by atoms with Gasteiger partial charge in [0.2, 0.25) is 0 Å². The number of rotatable bonds is 3. The van der Waals surface area contributed by atoms with Crippen molar-refractivity contribution in [1.29, 1.82) is 5.26 Å². The first-order chi connectivity index (χ1) is 7.63. The highest BCUT2D eigenvalue weighted by Gasteiger charge is 2.11. The van der Waals surface area contributed by atoms with Gasteiger partial charge in [-0.2, -0.15) is 5.26 Å². The normalized spacial score (nSPS) is 9.38. The van der Waals surface area contributed by atoms with Crippen molar-refractivity contribution in [1.82, 2.24) is 0 Å². The zero-order valence-electron chi connectivity index (χ0n) is 9.65. The molecule has 0 aromatic heterocycles. The van der Waals surface area contributed by atoms with Crippen LogP contribution in [0.15, 0.2) is 18.2 Å². The van der Waals surface area contributed by atoms with Crippen LogP contribution >= 0.6 is 0 Å². The van der Waals surface area contributed by atoms with Crippen molar-refractivity contribution in [3.63, 3.8) is 0 Å². The molecule has 0 heterocycles. The predicted molar refractivity (Wildman–Crippen MR) is 61.4 cm³/mol. The molecule has 0 saturated heterocycles. The summed E-state index contributed by atoms with van der Waals surface area (Å²) < 4.78 is 4.60. The van der Waals surface area contributed by atoms with Crippen LogP contribution < -0.4 is 4.90 Å². The zero-order valence-corrected chi connectivity index (χ0v) is 9.65. The van der Waals surface area contributed by atoms with Crippen molar-refractivity contribution < 1.29 is 9.53 Å². The molecule has 0 fully saturated rings. The fourth-order valence-corrected chi connectivity index (χ4v) is 1.37. The van der Waals surface area contributed by atoms with E-state index in [4.69, 9.17) is 5.26 Å². The zero-order chi connectivity index (χ0) is 12.1. The lowest BCUT2D eigenvalue weighted by Crippen LogP contribution is -2.17. The molecule has 1 aromatic rings. The van der Waals surface area contributed by atoms with Gasteiger partial charge < -0.3 is 9.64 Å². The lowest BCUT2D eigenvalue weighted by Gasteiger charge is -2.18. The molecule has 0 aliphatic heterocycles. The number of anilines is 1. The van der Waals surface area contributed by atoms with Crippen LogP contribution in [0, 0.1) is 11.3 Å². The number of carbonyl (C=O) groups is 1. The Bertz CT molecular complexity index is 435. The Labute approximate surface area is 95.0 Å². The SMILES string of the molecule is CCN(C)c1ccc(C(=O)OC)cc1C#N. The summed E-state index contributed by atoms with van der Waals surface area (Å²) in [5, 5.41) is 9.01. The van der Waals surface area contributed by atoms with Crippen LogP contribution in [0.4, 0.5) is 5.69 Å². The maximum Gasteiger partial charge on any atom is 0.337 e. The first-order valence-electron chi connectivity index (χ1n) is 4.97. The van der Waals surface area contributed by atoms with Crippen molar-refractivity contribution in [2.75, 3.05) is 25.6 Å². The average Bonchev–Trinajstić information content (AvgIpc) is 2.35. The van der Waals surface area contributed by atoms with Gasteiger partial charge in [0.1, 0.15) is 6.07 Å². The number of ether oxygens (including phenoxy) is 1. The molecule has 0 amide bonds. The van der Waals surface area contributed by atoms with Crippen molar-refractivity contribution in [3.05, 3.63) is 29.3 Å². The van der Waals surface area contributed by atoms with E-state index in [0.717, 1.165) is 12.2 Å². The van der Waals surface area contributed by atoms with E-state index in [0.29, 0.717) is 11.1 Å². The summed E-state index contributed by atoms with van der Waals surface area (Å²) in [5.74, 6) is -0.429. The number of nitriles is 1. The van der Waals surface area contributed by atoms with E-state index in [1.54, 1.807) is 18.2 Å². The van der Waals surface area contributed by atoms with Crippen LogP contribution in [0.3, 0.4) is 0 Å². The molecule has 0 N–H and O–H groups in total. The maximum atomic E-state index is 11.3. The second-order valence-electron chi connectivity index (χ2n) is 3.35. The standard InChI is InChI=1S/C12H14N2O2/c1-4-14(2)11-6-5-9(12(15)16-3)7-10(11)8-13/h5-7H,4H2,1-3H3. The van der Waals surface area contributed by atoms with Crippen LogP contribution in [0.25, 0.3) is 0 Å². The minimum atomic E-state index is -0.429. The Hall–Kier alpha value is -2.02. The summed E-state index contributed by atoms with van der Waals surface area (Å²) in [5.41, 5.74) is 1.69. The minimum absolute atomic E-state index is 0.396. The van der Waals surface area contributed by atoms with E-state index in [2.05, 4.69) is 10.8 Å². The van der Waals surface area contributed by atoms with Gasteiger partial charge in [0, 0.05) is 13.6 Å². The fraction of sp³-hybridized carbons (Fsp3) is 0.333. The highest BCUT2D eigenvalue weighted by atomic mass is 16.5. The lowest BCUT2D eigenvalue weighted by atomic mass is 10.1. The molecule has 1 rings (SSSR count). The largest absolute Gasteiger partial charge is 0.465 e. The molecular formula is C12H14N2O2. The van der Waals surface area contributed by atoms with Gasteiger partial charge >= 0.3 is 5.97 Å². The third kappa shape index (κ3) is 2.31. The van der Waals surface area contributed by atoms with Crippen LogP contribution in [-0.4, -0.2) is 26.7 Å². The number of nitrogens with zero attached hydrogens (tertiary/aromatic N) is 2. The monoisotopic (exact) mass is 218 g/mol. The Morgan fingerprint density at radius 1 is 1.56 bits per heavy atom. The highest BCUT2D eigenvalue weighted by molar-refractivity contribution is 5.90. The van der Waals surface area contributed by atoms with E-state index < -0.39 is 5.97 Å². The van der Waals surface area contributed by atoms with Crippen LogP contribution in [0.1, 0.15) is 22.8 Å². The van der Waals surface area contributed by atoms with Crippen molar-refractivity contribution >= 4 is 11.7 Å². The van der Waals surface area contributed by atoms with E-state index in [1.165, 1.54) is 7.11 Å². The molecule has 1 aromatic carbocycles. The third-order valence-corrected chi connectivity index (χ3v) is 2.42. The van der Waals surface area contributed by atoms with Crippen molar-refractivity contribution in [3.8, 4) is 6.07 Å². The second-order valence-corrected chi connectivity index (χ2v) is 3.35. The van der Waals surface area contributed by atoms with Gasteiger partial charge in [0.05, 0.1) is 23.9 Å². The van der Waals surface area contributed by atoms with Crippen LogP contribution in [0.2, 0.25) is 0 Å². The van der Waals surface area contributed by atoms with Gasteiger partial charge in [-0.15, -0.1) is 0 Å². The summed E-state index contributed by atoms with van der Waals surface area (Å²) in [6, 6.07) is 7.05. The molecule has 0 aliphatic carbocycles. The number of methoxy groups -OCH3 is 1. The molecule has 0 spiro atoms. The van der Waals surface area contributed by atoms with Gasteiger partial charge in [-0.1, -0.05) is 0 Å². The molecule has 0 aliphatic rings. The molecule has 0 bridgehead atoms. The predicted octanol–water partition coefficient (Wildman–Crippen LogP) is 1.80. The molecule has 84 valence electrons. The quantitative estimate of drug-likeness (QED) is 0.726. The molecule has 0 atom stereocenters.